The van der Waals surface area contributed by atoms with Crippen LogP contribution in [0.25, 0.3) is 10.2 Å². The summed E-state index contributed by atoms with van der Waals surface area (Å²) in [4.78, 5) is 19.2. The van der Waals surface area contributed by atoms with E-state index in [0.717, 1.165) is 32.4 Å². The zero-order chi connectivity index (χ0) is 25.7. The van der Waals surface area contributed by atoms with Gasteiger partial charge in [-0.25, -0.2) is 13.4 Å². The van der Waals surface area contributed by atoms with Gasteiger partial charge in [-0.15, -0.1) is 11.3 Å². The summed E-state index contributed by atoms with van der Waals surface area (Å²) in [6.07, 6.45) is 3.32. The van der Waals surface area contributed by atoms with Gasteiger partial charge in [-0.2, -0.15) is 14.4 Å². The van der Waals surface area contributed by atoms with Crippen LogP contribution in [0.1, 0.15) is 41.9 Å². The highest BCUT2D eigenvalue weighted by atomic mass is 79.9. The number of sulfonamides is 1. The van der Waals surface area contributed by atoms with Crippen LogP contribution in [0, 0.1) is 0 Å². The lowest BCUT2D eigenvalue weighted by Gasteiger charge is -2.20. The number of hydrazone groups is 1. The average Bonchev–Trinajstić information content (AvgIpc) is 3.54. The number of hydrogen-bond acceptors (Lipinski definition) is 7. The Hall–Kier alpha value is -2.44. The summed E-state index contributed by atoms with van der Waals surface area (Å²) >= 11 is 6.33. The topological polar surface area (TPSA) is 82.9 Å². The molecular weight excluding hydrogens is 580 g/mol. The third-order valence-electron chi connectivity index (χ3n) is 5.41. The standard InChI is InChI=1S/C25H25BrN4O3S3/c1-3-5-14-29(4-2)36(32,33)21-11-8-18(9-12-21)24(31)30(27-17-20-7-6-15-34-20)25-28-22-13-10-19(26)16-23(22)35-25/h6-13,15-17H,3-5,14H2,1-2H3/b27-17+. The van der Waals surface area contributed by atoms with Crippen LogP contribution in [-0.4, -0.2) is 42.9 Å². The Morgan fingerprint density at radius 1 is 1.14 bits per heavy atom. The first-order valence-electron chi connectivity index (χ1n) is 11.4. The third kappa shape index (κ3) is 5.92. The van der Waals surface area contributed by atoms with Gasteiger partial charge < -0.3 is 0 Å². The van der Waals surface area contributed by atoms with E-state index in [0.29, 0.717) is 23.8 Å². The number of anilines is 1. The third-order valence-corrected chi connectivity index (χ3v) is 9.69. The molecule has 36 heavy (non-hydrogen) atoms. The van der Waals surface area contributed by atoms with E-state index in [1.807, 2.05) is 49.6 Å². The molecule has 0 saturated heterocycles. The Kier molecular flexibility index (Phi) is 8.68. The maximum absolute atomic E-state index is 13.6. The molecule has 2 aromatic carbocycles. The number of fused-ring (bicyclic) bond motifs is 1. The molecule has 0 aliphatic rings. The number of halogens is 1. The molecule has 2 heterocycles. The summed E-state index contributed by atoms with van der Waals surface area (Å²) in [6, 6.07) is 15.5. The van der Waals surface area contributed by atoms with Gasteiger partial charge in [-0.1, -0.05) is 53.6 Å². The van der Waals surface area contributed by atoms with Gasteiger partial charge in [-0.05, 0) is 60.3 Å². The van der Waals surface area contributed by atoms with Crippen LogP contribution in [0.5, 0.6) is 0 Å². The molecule has 7 nitrogen and oxygen atoms in total. The quantitative estimate of drug-likeness (QED) is 0.150. The van der Waals surface area contributed by atoms with E-state index in [2.05, 4.69) is 26.0 Å². The highest BCUT2D eigenvalue weighted by molar-refractivity contribution is 9.10. The predicted molar refractivity (Wildman–Crippen MR) is 152 cm³/mol. The summed E-state index contributed by atoms with van der Waals surface area (Å²) in [7, 11) is -3.63. The molecular formula is C25H25BrN4O3S3. The molecule has 0 bridgehead atoms. The van der Waals surface area contributed by atoms with Crippen molar-refractivity contribution in [2.24, 2.45) is 5.10 Å². The fourth-order valence-corrected chi connectivity index (χ4v) is 7.01. The minimum Gasteiger partial charge on any atom is -0.267 e. The first kappa shape index (κ1) is 26.6. The number of carbonyl (C=O) groups excluding carboxylic acids is 1. The second-order valence-corrected chi connectivity index (χ2v) is 12.7. The van der Waals surface area contributed by atoms with Crippen LogP contribution in [0.3, 0.4) is 0 Å². The molecule has 4 rings (SSSR count). The van der Waals surface area contributed by atoms with Crippen molar-refractivity contribution >= 4 is 76.1 Å². The van der Waals surface area contributed by atoms with Crippen molar-refractivity contribution in [2.45, 2.75) is 31.6 Å². The summed E-state index contributed by atoms with van der Waals surface area (Å²) in [5.41, 5.74) is 1.07. The molecule has 188 valence electrons. The second-order valence-electron chi connectivity index (χ2n) is 7.86. The summed E-state index contributed by atoms with van der Waals surface area (Å²) in [6.45, 7) is 4.71. The highest BCUT2D eigenvalue weighted by Crippen LogP contribution is 2.32. The summed E-state index contributed by atoms with van der Waals surface area (Å²) in [5, 5.41) is 8.08. The van der Waals surface area contributed by atoms with E-state index < -0.39 is 15.9 Å². The Bertz CT molecular complexity index is 1470. The van der Waals surface area contributed by atoms with Crippen LogP contribution < -0.4 is 5.01 Å². The van der Waals surface area contributed by atoms with Gasteiger partial charge in [0, 0.05) is 28.0 Å². The molecule has 11 heteroatoms. The van der Waals surface area contributed by atoms with Gasteiger partial charge in [0.2, 0.25) is 15.2 Å². The fraction of sp³-hybridized carbons (Fsp3) is 0.240. The molecule has 0 aliphatic carbocycles. The van der Waals surface area contributed by atoms with Gasteiger partial charge >= 0.3 is 0 Å². The lowest BCUT2D eigenvalue weighted by Crippen LogP contribution is -2.32. The molecule has 4 aromatic rings. The lowest BCUT2D eigenvalue weighted by molar-refractivity contribution is 0.0987. The number of thiazole rings is 1. The molecule has 0 atom stereocenters. The monoisotopic (exact) mass is 604 g/mol. The number of unbranched alkanes of at least 4 members (excludes halogenated alkanes) is 1. The first-order chi connectivity index (χ1) is 17.3. The maximum atomic E-state index is 13.6. The van der Waals surface area contributed by atoms with Crippen LogP contribution in [0.2, 0.25) is 0 Å². The van der Waals surface area contributed by atoms with E-state index in [-0.39, 0.29) is 4.90 Å². The summed E-state index contributed by atoms with van der Waals surface area (Å²) < 4.78 is 29.4. The molecule has 0 fully saturated rings. The largest absolute Gasteiger partial charge is 0.280 e. The van der Waals surface area contributed by atoms with E-state index in [1.54, 1.807) is 6.21 Å². The number of hydrogen-bond donors (Lipinski definition) is 0. The van der Waals surface area contributed by atoms with Gasteiger partial charge in [0.1, 0.15) is 0 Å². The number of carbonyl (C=O) groups is 1. The van der Waals surface area contributed by atoms with Gasteiger partial charge in [0.25, 0.3) is 5.91 Å². The van der Waals surface area contributed by atoms with Crippen molar-refractivity contribution in [1.82, 2.24) is 9.29 Å². The smallest absolute Gasteiger partial charge is 0.267 e. The van der Waals surface area contributed by atoms with E-state index in [4.69, 9.17) is 0 Å². The molecule has 0 spiro atoms. The Labute approximate surface area is 227 Å². The van der Waals surface area contributed by atoms with Gasteiger partial charge in [0.05, 0.1) is 21.3 Å². The number of nitrogens with zero attached hydrogens (tertiary/aromatic N) is 4. The predicted octanol–water partition coefficient (Wildman–Crippen LogP) is 6.61. The Morgan fingerprint density at radius 2 is 1.92 bits per heavy atom. The SMILES string of the molecule is CCCCN(CC)S(=O)(=O)c1ccc(C(=O)N(/N=C/c2cccs2)c2nc3ccc(Br)cc3s2)cc1. The Morgan fingerprint density at radius 3 is 2.58 bits per heavy atom. The molecule has 0 saturated carbocycles. The van der Waals surface area contributed by atoms with Gasteiger partial charge in [0.15, 0.2) is 0 Å². The number of aromatic nitrogens is 1. The first-order valence-corrected chi connectivity index (χ1v) is 15.3. The maximum Gasteiger partial charge on any atom is 0.280 e. The van der Waals surface area contributed by atoms with Crippen molar-refractivity contribution in [3.8, 4) is 0 Å². The molecule has 0 unspecified atom stereocenters. The van der Waals surface area contributed by atoms with Gasteiger partial charge in [-0.3, -0.25) is 4.79 Å². The minimum atomic E-state index is -3.63. The normalized spacial score (nSPS) is 12.1. The van der Waals surface area contributed by atoms with E-state index in [1.165, 1.54) is 56.3 Å². The van der Waals surface area contributed by atoms with Crippen molar-refractivity contribution in [1.29, 1.82) is 0 Å². The highest BCUT2D eigenvalue weighted by Gasteiger charge is 2.25. The number of amides is 1. The average molecular weight is 606 g/mol. The number of thiophene rings is 1. The summed E-state index contributed by atoms with van der Waals surface area (Å²) in [5.74, 6) is -0.400. The van der Waals surface area contributed by atoms with Crippen molar-refractivity contribution in [3.63, 3.8) is 0 Å². The number of benzene rings is 2. The minimum absolute atomic E-state index is 0.162. The second kappa shape index (κ2) is 11.7. The molecule has 0 radical (unpaired) electrons. The zero-order valence-electron chi connectivity index (χ0n) is 19.8. The molecule has 2 aromatic heterocycles. The number of rotatable bonds is 10. The van der Waals surface area contributed by atoms with Crippen LogP contribution in [0.4, 0.5) is 5.13 Å². The molecule has 0 N–H and O–H groups in total. The zero-order valence-corrected chi connectivity index (χ0v) is 23.8. The fourth-order valence-electron chi connectivity index (χ4n) is 3.47. The van der Waals surface area contributed by atoms with Crippen LogP contribution in [-0.2, 0) is 10.0 Å². The van der Waals surface area contributed by atoms with Crippen LogP contribution in [0.15, 0.2) is 74.4 Å². The van der Waals surface area contributed by atoms with E-state index >= 15 is 0 Å². The molecule has 1 amide bonds. The van der Waals surface area contributed by atoms with Crippen molar-refractivity contribution in [2.75, 3.05) is 18.1 Å². The lowest BCUT2D eigenvalue weighted by atomic mass is 10.2. The molecule has 0 aliphatic heterocycles. The van der Waals surface area contributed by atoms with Crippen LogP contribution >= 0.6 is 38.6 Å². The Balaban J connectivity index is 1.66. The van der Waals surface area contributed by atoms with Crippen molar-refractivity contribution in [3.05, 3.63) is 74.9 Å². The van der Waals surface area contributed by atoms with E-state index in [9.17, 15) is 13.2 Å². The van der Waals surface area contributed by atoms with Crippen molar-refractivity contribution < 1.29 is 13.2 Å².